The summed E-state index contributed by atoms with van der Waals surface area (Å²) in [5.41, 5.74) is 0. The van der Waals surface area contributed by atoms with E-state index < -0.39 is 31.0 Å². The van der Waals surface area contributed by atoms with Crippen LogP contribution in [0.25, 0.3) is 0 Å². The van der Waals surface area contributed by atoms with Crippen molar-refractivity contribution in [1.29, 1.82) is 0 Å². The summed E-state index contributed by atoms with van der Waals surface area (Å²) in [6.07, 6.45) is 6.91. The van der Waals surface area contributed by atoms with Crippen LogP contribution in [-0.2, 0) is 0 Å². The molecule has 0 saturated carbocycles. The van der Waals surface area contributed by atoms with Crippen molar-refractivity contribution in [3.8, 4) is 0 Å². The van der Waals surface area contributed by atoms with Crippen molar-refractivity contribution in [3.05, 3.63) is 0 Å². The lowest BCUT2D eigenvalue weighted by Gasteiger charge is -2.48. The Morgan fingerprint density at radius 2 is 0.493 bits per heavy atom. The van der Waals surface area contributed by atoms with Gasteiger partial charge < -0.3 is 0 Å². The molecule has 0 amide bonds. The average molecular weight is 1050 g/mol. The number of likely N-dealkylation sites (N-methyl/N-ethyl adjacent to an activating group) is 9. The second-order valence-corrected chi connectivity index (χ2v) is 28.5. The van der Waals surface area contributed by atoms with Gasteiger partial charge in [-0.15, -0.1) is 4.67 Å². The van der Waals surface area contributed by atoms with Gasteiger partial charge in [-0.05, 0) is 53.1 Å². The Hall–Kier alpha value is 0.330. The highest BCUT2D eigenvalue weighted by Crippen LogP contribution is 2.81. The topological polar surface area (TPSA) is 69.5 Å². The molecule has 3 fully saturated rings. The fraction of sp³-hybridized carbons (Fsp3) is 1.00. The molecule has 6 atom stereocenters. The highest BCUT2D eigenvalue weighted by molar-refractivity contribution is 7.81. The Kier molecular flexibility index (Phi) is 27.8. The van der Waals surface area contributed by atoms with Crippen molar-refractivity contribution >= 4 is 31.0 Å². The molecule has 17 heteroatoms. The van der Waals surface area contributed by atoms with Gasteiger partial charge in [-0.2, -0.15) is 0 Å². The van der Waals surface area contributed by atoms with Crippen LogP contribution >= 0.6 is 31.0 Å². The zero-order chi connectivity index (χ0) is 51.7. The van der Waals surface area contributed by atoms with E-state index in [1.54, 1.807) is 0 Å². The molecule has 0 radical (unpaired) electrons. The molecule has 0 aromatic heterocycles. The first-order valence-electron chi connectivity index (χ1n) is 29.2. The first kappa shape index (κ1) is 63.6. The molecule has 404 valence electrons. The van der Waals surface area contributed by atoms with E-state index in [1.807, 2.05) is 0 Å². The first-order valence-corrected chi connectivity index (χ1v) is 35.2. The van der Waals surface area contributed by atoms with E-state index in [-0.39, 0.29) is 16.2 Å². The number of hydrogen-bond acceptors (Lipinski definition) is 13. The minimum Gasteiger partial charge on any atom is -0.294 e. The molecule has 3 heterocycles. The van der Waals surface area contributed by atoms with Gasteiger partial charge in [0, 0.05) is 111 Å². The Labute approximate surface area is 432 Å². The average Bonchev–Trinajstić information content (AvgIpc) is 4.03. The van der Waals surface area contributed by atoms with E-state index >= 15 is 0 Å². The number of nitrogens with zero attached hydrogens (tertiary/aromatic N) is 13. The smallest absolute Gasteiger partial charge is 0.294 e. The minimum absolute atomic E-state index is 0.207. The molecule has 13 nitrogen and oxygen atoms in total. The normalized spacial score (nSPS) is 24.4. The highest BCUT2D eigenvalue weighted by atomic mass is 31.2. The second kappa shape index (κ2) is 30.2. The van der Waals surface area contributed by atoms with Crippen LogP contribution in [0.4, 0.5) is 0 Å². The van der Waals surface area contributed by atoms with Crippen molar-refractivity contribution in [2.45, 2.75) is 192 Å². The zero-order valence-electron chi connectivity index (χ0n) is 49.2. The monoisotopic (exact) mass is 1050 g/mol. The fourth-order valence-electron chi connectivity index (χ4n) is 14.2. The van der Waals surface area contributed by atoms with Gasteiger partial charge >= 0.3 is 7.87 Å². The SMILES string of the molecule is CCN(CC)C1CC[P+](=N[P+](N=[P+]2CCC(N(CC)CC)C2(N(CC)CC)N(CC)CC)(N=[P+]2CCC(N(CC)CC)C2(N(CC)CC)N(CC)CC)N(CC)CC)C1(N(CC)CC)N(CC)CC. The van der Waals surface area contributed by atoms with Crippen LogP contribution in [0, 0.1) is 0 Å². The summed E-state index contributed by atoms with van der Waals surface area (Å²) in [6.45, 7) is 68.7. The molecule has 0 aromatic rings. The largest absolute Gasteiger partial charge is 0.574 e. The van der Waals surface area contributed by atoms with Gasteiger partial charge in [0.15, 0.2) is 0 Å². The van der Waals surface area contributed by atoms with Crippen LogP contribution in [0.5, 0.6) is 0 Å². The Morgan fingerprint density at radius 3 is 0.638 bits per heavy atom. The summed E-state index contributed by atoms with van der Waals surface area (Å²) in [5, 5.41) is -0.622. The minimum atomic E-state index is -3.00. The summed E-state index contributed by atoms with van der Waals surface area (Å²) in [6, 6.07) is 1.18. The summed E-state index contributed by atoms with van der Waals surface area (Å²) in [4.78, 5) is 25.8. The van der Waals surface area contributed by atoms with Gasteiger partial charge in [-0.1, -0.05) is 125 Å². The standard InChI is InChI=1S/C52H115N13P4/c1-21-56(22-2)47-41-44-66(50(47,59(27-7)28-8)60(29-9)30-10)53-69(65(39-19)40-20,54-67-45-42-48(57(23-3)24-4)51(67,61(31-11)32-12)62(33-13)34-14)55-68-46-43-49(58(25-5)26-6)52(68,63(35-15)36-16)64(37-17)38-18/h47-49H,21-46H2,1-20H3/q+4. The van der Waals surface area contributed by atoms with E-state index in [0.717, 1.165) is 149 Å². The van der Waals surface area contributed by atoms with Crippen molar-refractivity contribution in [2.24, 2.45) is 13.5 Å². The quantitative estimate of drug-likeness (QED) is 0.0469. The summed E-state index contributed by atoms with van der Waals surface area (Å²) >= 11 is 0. The van der Waals surface area contributed by atoms with Crippen LogP contribution < -0.4 is 0 Å². The Bertz CT molecular complexity index is 1340. The van der Waals surface area contributed by atoms with Crippen LogP contribution in [0.2, 0.25) is 0 Å². The third kappa shape index (κ3) is 11.7. The maximum absolute atomic E-state index is 6.95. The van der Waals surface area contributed by atoms with E-state index in [2.05, 4.69) is 187 Å². The summed E-state index contributed by atoms with van der Waals surface area (Å²) in [7, 11) is -5.88. The molecule has 3 aliphatic rings. The van der Waals surface area contributed by atoms with Crippen molar-refractivity contribution in [2.75, 3.05) is 149 Å². The van der Waals surface area contributed by atoms with Gasteiger partial charge in [0.05, 0.1) is 18.1 Å². The Morgan fingerprint density at radius 1 is 0.304 bits per heavy atom. The van der Waals surface area contributed by atoms with Crippen molar-refractivity contribution in [1.82, 2.24) is 48.8 Å². The molecule has 0 aliphatic carbocycles. The predicted octanol–water partition coefficient (Wildman–Crippen LogP) is 12.4. The summed E-state index contributed by atoms with van der Waals surface area (Å²) in [5.74, 6) is 0. The molecule has 3 aliphatic heterocycles. The lowest BCUT2D eigenvalue weighted by atomic mass is 10.1. The molecule has 0 spiro atoms. The molecule has 6 unspecified atom stereocenters. The second-order valence-electron chi connectivity index (χ2n) is 19.0. The van der Waals surface area contributed by atoms with Gasteiger partial charge in [0.2, 0.25) is 0 Å². The predicted molar refractivity (Wildman–Crippen MR) is 312 cm³/mol. The van der Waals surface area contributed by atoms with E-state index in [1.165, 1.54) is 19.3 Å². The molecule has 3 rings (SSSR count). The van der Waals surface area contributed by atoms with Crippen molar-refractivity contribution in [3.63, 3.8) is 0 Å². The van der Waals surface area contributed by atoms with Gasteiger partial charge in [-0.3, -0.25) is 14.7 Å². The third-order valence-electron chi connectivity index (χ3n) is 17.2. The van der Waals surface area contributed by atoms with Crippen molar-refractivity contribution < 1.29 is 0 Å². The fourth-order valence-corrected chi connectivity index (χ4v) is 31.8. The van der Waals surface area contributed by atoms with E-state index in [4.69, 9.17) is 13.5 Å². The van der Waals surface area contributed by atoms with E-state index in [0.29, 0.717) is 18.1 Å². The van der Waals surface area contributed by atoms with Crippen LogP contribution in [0.3, 0.4) is 0 Å². The van der Waals surface area contributed by atoms with Crippen LogP contribution in [0.15, 0.2) is 13.5 Å². The maximum atomic E-state index is 6.95. The molecular formula is C52H115N13P4+4. The first-order chi connectivity index (χ1) is 33.3. The molecule has 0 N–H and O–H groups in total. The molecule has 69 heavy (non-hydrogen) atoms. The third-order valence-corrected chi connectivity index (χ3v) is 31.0. The van der Waals surface area contributed by atoms with Gasteiger partial charge in [0.25, 0.3) is 39.4 Å². The van der Waals surface area contributed by atoms with Gasteiger partial charge in [-0.25, -0.2) is 29.4 Å². The Balaban J connectivity index is 2.98. The molecular weight excluding hydrogens is 931 g/mol. The maximum Gasteiger partial charge on any atom is 0.574 e. The molecule has 0 aromatic carbocycles. The lowest BCUT2D eigenvalue weighted by molar-refractivity contribution is -0.0390. The van der Waals surface area contributed by atoms with Crippen LogP contribution in [-0.4, -0.2) is 232 Å². The summed E-state index contributed by atoms with van der Waals surface area (Å²) < 4.78 is 23.7. The molecule has 3 saturated heterocycles. The highest BCUT2D eigenvalue weighted by Gasteiger charge is 2.76. The van der Waals surface area contributed by atoms with E-state index in [9.17, 15) is 0 Å². The number of rotatable bonds is 33. The number of hydrogen-bond donors (Lipinski definition) is 0. The zero-order valence-corrected chi connectivity index (χ0v) is 52.8. The lowest BCUT2D eigenvalue weighted by Crippen LogP contribution is -2.66. The molecule has 0 bridgehead atoms. The van der Waals surface area contributed by atoms with Gasteiger partial charge in [0.1, 0.15) is 32.0 Å². The van der Waals surface area contributed by atoms with Crippen LogP contribution in [0.1, 0.15) is 158 Å².